The maximum atomic E-state index is 11.9. The first-order valence-corrected chi connectivity index (χ1v) is 8.23. The molecule has 3 N–H and O–H groups in total. The number of nitrogens with two attached hydrogens (primary N) is 1. The van der Waals surface area contributed by atoms with Crippen LogP contribution in [0.15, 0.2) is 41.9 Å². The standard InChI is InChI=1S/C15H14N4O3S.ClH/c16-11-13(20)19-12(15(21)22)9(7-23-14(11)19)5-8-6-17-18-4-2-1-3-10(8)18;/h1-4,6,11,14H,5,7,16H2,(H,21,22);1H/t11-,14-;/m1./s1. The number of nitrogens with one attached hydrogen (secondary N) is 1. The number of halogens is 1. The zero-order valence-electron chi connectivity index (χ0n) is 12.5. The highest BCUT2D eigenvalue weighted by molar-refractivity contribution is 8.00. The second-order valence-corrected chi connectivity index (χ2v) is 6.71. The SMILES string of the molecule is Cl.N[C@@H]1C(=O)N2C(C(=O)[O-])=C(Cc3c[nH][n+]4ccccc34)CS[C@H]12. The Labute approximate surface area is 147 Å². The molecule has 0 saturated carbocycles. The van der Waals surface area contributed by atoms with Crippen LogP contribution in [0.5, 0.6) is 0 Å². The number of hydrogen-bond donors (Lipinski definition) is 2. The van der Waals surface area contributed by atoms with Crippen molar-refractivity contribution in [2.24, 2.45) is 5.73 Å². The average molecular weight is 367 g/mol. The Morgan fingerprint density at radius 1 is 1.50 bits per heavy atom. The molecule has 0 unspecified atom stereocenters. The molecule has 2 aromatic heterocycles. The fraction of sp³-hybridized carbons (Fsp3) is 0.267. The second kappa shape index (κ2) is 6.12. The fourth-order valence-corrected chi connectivity index (χ4v) is 4.41. The number of aromatic nitrogens is 2. The number of thioether (sulfide) groups is 1. The maximum absolute atomic E-state index is 11.9. The van der Waals surface area contributed by atoms with Crippen molar-refractivity contribution in [3.05, 3.63) is 47.4 Å². The minimum absolute atomic E-state index is 0. The molecule has 126 valence electrons. The van der Waals surface area contributed by atoms with Gasteiger partial charge in [-0.05, 0) is 11.6 Å². The van der Waals surface area contributed by atoms with E-state index in [2.05, 4.69) is 5.10 Å². The van der Waals surface area contributed by atoms with Gasteiger partial charge in [0.1, 0.15) is 11.4 Å². The number of H-pyrrole nitrogens is 1. The van der Waals surface area contributed by atoms with Crippen LogP contribution >= 0.6 is 24.2 Å². The minimum Gasteiger partial charge on any atom is -0.543 e. The van der Waals surface area contributed by atoms with Crippen molar-refractivity contribution in [3.8, 4) is 0 Å². The lowest BCUT2D eigenvalue weighted by Crippen LogP contribution is -2.69. The Balaban J connectivity index is 0.00000169. The van der Waals surface area contributed by atoms with E-state index in [1.54, 1.807) is 0 Å². The normalized spacial score (nSPS) is 22.9. The molecule has 4 rings (SSSR count). The first-order valence-electron chi connectivity index (χ1n) is 7.18. The molecule has 1 saturated heterocycles. The zero-order chi connectivity index (χ0) is 16.1. The predicted octanol–water partition coefficient (Wildman–Crippen LogP) is -1.04. The quantitative estimate of drug-likeness (QED) is 0.533. The highest BCUT2D eigenvalue weighted by Gasteiger charge is 2.50. The van der Waals surface area contributed by atoms with Gasteiger partial charge in [-0.3, -0.25) is 9.69 Å². The summed E-state index contributed by atoms with van der Waals surface area (Å²) in [6.45, 7) is 0. The van der Waals surface area contributed by atoms with E-state index < -0.39 is 12.0 Å². The molecule has 0 aromatic carbocycles. The molecule has 7 nitrogen and oxygen atoms in total. The van der Waals surface area contributed by atoms with Gasteiger partial charge in [-0.1, -0.05) is 4.52 Å². The van der Waals surface area contributed by atoms with Crippen molar-refractivity contribution >= 4 is 41.6 Å². The molecular weight excluding hydrogens is 352 g/mol. The highest BCUT2D eigenvalue weighted by Crippen LogP contribution is 2.40. The van der Waals surface area contributed by atoms with E-state index in [0.29, 0.717) is 17.7 Å². The van der Waals surface area contributed by atoms with Gasteiger partial charge in [0.2, 0.25) is 11.4 Å². The van der Waals surface area contributed by atoms with Gasteiger partial charge in [0.05, 0.1) is 23.4 Å². The molecule has 2 aromatic rings. The third-order valence-corrected chi connectivity index (χ3v) is 5.61. The lowest BCUT2D eigenvalue weighted by atomic mass is 10.00. The smallest absolute Gasteiger partial charge is 0.248 e. The van der Waals surface area contributed by atoms with E-state index in [4.69, 9.17) is 5.73 Å². The summed E-state index contributed by atoms with van der Waals surface area (Å²) in [5.41, 5.74) is 8.34. The fourth-order valence-electron chi connectivity index (χ4n) is 3.11. The van der Waals surface area contributed by atoms with Gasteiger partial charge in [-0.2, -0.15) is 5.10 Å². The van der Waals surface area contributed by atoms with E-state index in [9.17, 15) is 14.7 Å². The van der Waals surface area contributed by atoms with Crippen LogP contribution in [0.1, 0.15) is 5.56 Å². The van der Waals surface area contributed by atoms with Crippen molar-refractivity contribution in [1.29, 1.82) is 0 Å². The van der Waals surface area contributed by atoms with E-state index in [0.717, 1.165) is 11.1 Å². The number of fused-ring (bicyclic) bond motifs is 2. The number of hydrogen-bond acceptors (Lipinski definition) is 5. The van der Waals surface area contributed by atoms with Gasteiger partial charge in [0, 0.05) is 24.3 Å². The summed E-state index contributed by atoms with van der Waals surface area (Å²) in [7, 11) is 0. The Hall–Kier alpha value is -2.03. The number of nitrogens with zero attached hydrogens (tertiary/aromatic N) is 2. The van der Waals surface area contributed by atoms with Gasteiger partial charge in [0.15, 0.2) is 6.20 Å². The molecule has 1 amide bonds. The first kappa shape index (κ1) is 16.8. The van der Waals surface area contributed by atoms with Crippen LogP contribution in [0.25, 0.3) is 5.52 Å². The number of pyridine rings is 1. The Bertz CT molecular complexity index is 865. The number of carbonyl (C=O) groups is 2. The third-order valence-electron chi connectivity index (χ3n) is 4.25. The molecule has 1 fully saturated rings. The number of β-lactam (4-membered cyclic amide) rings is 1. The van der Waals surface area contributed by atoms with E-state index >= 15 is 0 Å². The molecule has 0 spiro atoms. The first-order chi connectivity index (χ1) is 11.1. The predicted molar refractivity (Wildman–Crippen MR) is 88.0 cm³/mol. The summed E-state index contributed by atoms with van der Waals surface area (Å²) >= 11 is 1.50. The number of aliphatic carboxylic acids is 1. The Morgan fingerprint density at radius 2 is 2.29 bits per heavy atom. The average Bonchev–Trinajstić information content (AvgIpc) is 2.96. The van der Waals surface area contributed by atoms with Crippen LogP contribution in [0.2, 0.25) is 0 Å². The van der Waals surface area contributed by atoms with Gasteiger partial charge in [-0.15, -0.1) is 24.2 Å². The number of amides is 1. The van der Waals surface area contributed by atoms with Gasteiger partial charge in [0.25, 0.3) is 0 Å². The number of carboxylic acid groups (broad SMARTS) is 1. The Morgan fingerprint density at radius 3 is 3.04 bits per heavy atom. The molecule has 2 aliphatic rings. The molecular formula is C15H15ClN4O3S. The van der Waals surface area contributed by atoms with Crippen LogP contribution in [0, 0.1) is 0 Å². The maximum Gasteiger partial charge on any atom is 0.248 e. The van der Waals surface area contributed by atoms with Crippen LogP contribution < -0.4 is 15.4 Å². The Kier molecular flexibility index (Phi) is 4.29. The van der Waals surface area contributed by atoms with E-state index in [1.807, 2.05) is 35.1 Å². The molecule has 9 heteroatoms. The van der Waals surface area contributed by atoms with Crippen molar-refractivity contribution in [2.75, 3.05) is 5.75 Å². The molecule has 0 bridgehead atoms. The number of rotatable bonds is 3. The summed E-state index contributed by atoms with van der Waals surface area (Å²) in [6.07, 6.45) is 4.17. The molecule has 2 atom stereocenters. The van der Waals surface area contributed by atoms with Crippen LogP contribution in [-0.4, -0.2) is 39.0 Å². The molecule has 0 aliphatic carbocycles. The van der Waals surface area contributed by atoms with Crippen LogP contribution in [0.3, 0.4) is 0 Å². The lowest BCUT2D eigenvalue weighted by Gasteiger charge is -2.49. The topological polar surface area (TPSA) is 106 Å². The highest BCUT2D eigenvalue weighted by atomic mass is 35.5. The van der Waals surface area contributed by atoms with Crippen molar-refractivity contribution in [1.82, 2.24) is 10.00 Å². The summed E-state index contributed by atoms with van der Waals surface area (Å²) in [5.74, 6) is -1.15. The summed E-state index contributed by atoms with van der Waals surface area (Å²) in [4.78, 5) is 24.8. The van der Waals surface area contributed by atoms with E-state index in [1.165, 1.54) is 16.7 Å². The van der Waals surface area contributed by atoms with Crippen molar-refractivity contribution in [3.63, 3.8) is 0 Å². The number of carboxylic acids is 1. The molecule has 2 aliphatic heterocycles. The molecule has 4 heterocycles. The summed E-state index contributed by atoms with van der Waals surface area (Å²) in [6, 6.07) is 5.15. The number of carbonyl (C=O) groups excluding carboxylic acids is 2. The van der Waals surface area contributed by atoms with Gasteiger partial charge >= 0.3 is 0 Å². The van der Waals surface area contributed by atoms with Crippen LogP contribution in [0.4, 0.5) is 0 Å². The van der Waals surface area contributed by atoms with Gasteiger partial charge < -0.3 is 15.6 Å². The molecule has 0 radical (unpaired) electrons. The lowest BCUT2D eigenvalue weighted by molar-refractivity contribution is -0.576. The van der Waals surface area contributed by atoms with Gasteiger partial charge in [-0.25, -0.2) is 0 Å². The summed E-state index contributed by atoms with van der Waals surface area (Å²) in [5, 5.41) is 14.4. The molecule has 24 heavy (non-hydrogen) atoms. The van der Waals surface area contributed by atoms with Crippen molar-refractivity contribution < 1.29 is 19.2 Å². The monoisotopic (exact) mass is 366 g/mol. The zero-order valence-corrected chi connectivity index (χ0v) is 14.1. The number of aromatic amines is 1. The second-order valence-electron chi connectivity index (χ2n) is 5.61. The van der Waals surface area contributed by atoms with E-state index in [-0.39, 0.29) is 29.4 Å². The third kappa shape index (κ3) is 2.38. The van der Waals surface area contributed by atoms with Crippen LogP contribution in [-0.2, 0) is 16.0 Å². The summed E-state index contributed by atoms with van der Waals surface area (Å²) < 4.78 is 1.86. The largest absolute Gasteiger partial charge is 0.543 e. The minimum atomic E-state index is -1.32. The van der Waals surface area contributed by atoms with Crippen molar-refractivity contribution in [2.45, 2.75) is 17.8 Å².